The van der Waals surface area contributed by atoms with E-state index in [9.17, 15) is 14.7 Å². The van der Waals surface area contributed by atoms with Crippen LogP contribution in [0.15, 0.2) is 4.99 Å². The molecule has 2 fully saturated rings. The number of amidine groups is 1. The molecule has 0 aromatic heterocycles. The van der Waals surface area contributed by atoms with Crippen molar-refractivity contribution in [3.63, 3.8) is 0 Å². The van der Waals surface area contributed by atoms with Crippen molar-refractivity contribution in [2.24, 2.45) is 4.99 Å². The monoisotopic (exact) mass is 324 g/mol. The minimum Gasteiger partial charge on any atom is -0.390 e. The van der Waals surface area contributed by atoms with Crippen LogP contribution < -0.4 is 0 Å². The molecule has 0 bridgehead atoms. The minimum atomic E-state index is -0.671. The van der Waals surface area contributed by atoms with Crippen LogP contribution in [0.5, 0.6) is 0 Å². The zero-order chi connectivity index (χ0) is 16.7. The summed E-state index contributed by atoms with van der Waals surface area (Å²) in [5.74, 6) is 0.716. The first-order valence-corrected chi connectivity index (χ1v) is 7.70. The summed E-state index contributed by atoms with van der Waals surface area (Å²) in [7, 11) is 3.07. The number of aliphatic hydroxyl groups is 1. The van der Waals surface area contributed by atoms with E-state index < -0.39 is 18.2 Å². The highest BCUT2D eigenvalue weighted by atomic mass is 16.5. The molecular weight excluding hydrogens is 302 g/mol. The number of carbonyl (C=O) groups excluding carboxylic acids is 2. The first-order valence-electron chi connectivity index (χ1n) is 7.70. The number of aliphatic hydroxyl groups excluding tert-OH is 1. The Morgan fingerprint density at radius 1 is 1.30 bits per heavy atom. The lowest BCUT2D eigenvalue weighted by Gasteiger charge is -2.33. The number of urea groups is 1. The number of rotatable bonds is 2. The topological polar surface area (TPSA) is 88.7 Å². The average molecular weight is 324 g/mol. The van der Waals surface area contributed by atoms with Crippen molar-refractivity contribution in [1.29, 1.82) is 0 Å². The van der Waals surface area contributed by atoms with Gasteiger partial charge in [-0.3, -0.25) is 19.2 Å². The van der Waals surface area contributed by atoms with E-state index in [1.807, 2.05) is 4.58 Å². The molecule has 1 N–H and O–H groups in total. The molecule has 0 saturated carbocycles. The SMILES string of the molecule is CC(O)CN1C(=[N+]2CCOCC2)N=C2C1C(=O)N(C)C(=O)N2C. The van der Waals surface area contributed by atoms with Gasteiger partial charge >= 0.3 is 12.0 Å². The van der Waals surface area contributed by atoms with Gasteiger partial charge in [-0.1, -0.05) is 4.99 Å². The molecule has 0 spiro atoms. The maximum atomic E-state index is 12.6. The highest BCUT2D eigenvalue weighted by Crippen LogP contribution is 2.23. The van der Waals surface area contributed by atoms with Gasteiger partial charge in [-0.05, 0) is 6.92 Å². The van der Waals surface area contributed by atoms with Crippen LogP contribution in [0.2, 0.25) is 0 Å². The Bertz CT molecular complexity index is 592. The third kappa shape index (κ3) is 2.59. The molecule has 23 heavy (non-hydrogen) atoms. The Hall–Kier alpha value is -2.00. The first kappa shape index (κ1) is 15.9. The number of carbonyl (C=O) groups is 2. The van der Waals surface area contributed by atoms with Gasteiger partial charge in [0.15, 0.2) is 0 Å². The molecule has 0 aromatic rings. The summed E-state index contributed by atoms with van der Waals surface area (Å²) in [6.07, 6.45) is -0.623. The fourth-order valence-electron chi connectivity index (χ4n) is 3.07. The summed E-state index contributed by atoms with van der Waals surface area (Å²) < 4.78 is 7.39. The summed E-state index contributed by atoms with van der Waals surface area (Å²) in [6, 6.07) is -1.07. The van der Waals surface area contributed by atoms with Gasteiger partial charge in [-0.25, -0.2) is 9.69 Å². The molecule has 0 radical (unpaired) electrons. The molecule has 126 valence electrons. The van der Waals surface area contributed by atoms with Crippen LogP contribution in [-0.4, -0.2) is 107 Å². The van der Waals surface area contributed by atoms with Crippen molar-refractivity contribution in [3.05, 3.63) is 0 Å². The summed E-state index contributed by atoms with van der Waals surface area (Å²) in [5, 5.41) is 9.83. The quantitative estimate of drug-likeness (QED) is 0.616. The number of morpholine rings is 1. The molecule has 9 nitrogen and oxygen atoms in total. The van der Waals surface area contributed by atoms with Crippen LogP contribution in [0.3, 0.4) is 0 Å². The van der Waals surface area contributed by atoms with Gasteiger partial charge in [-0.2, -0.15) is 0 Å². The molecular formula is C14H22N5O4+. The second kappa shape index (κ2) is 5.89. The normalized spacial score (nSPS) is 26.7. The smallest absolute Gasteiger partial charge is 0.390 e. The van der Waals surface area contributed by atoms with E-state index in [1.54, 1.807) is 18.9 Å². The van der Waals surface area contributed by atoms with Crippen molar-refractivity contribution in [2.45, 2.75) is 19.1 Å². The number of fused-ring (bicyclic) bond motifs is 1. The molecule has 2 saturated heterocycles. The maximum Gasteiger partial charge on any atom is 0.392 e. The molecule has 2 unspecified atom stereocenters. The van der Waals surface area contributed by atoms with E-state index in [2.05, 4.69) is 4.99 Å². The zero-order valence-corrected chi connectivity index (χ0v) is 13.6. The number of aliphatic imine (C=N–C) groups is 1. The van der Waals surface area contributed by atoms with Gasteiger partial charge in [-0.15, -0.1) is 0 Å². The molecule has 0 aliphatic carbocycles. The van der Waals surface area contributed by atoms with Gasteiger partial charge < -0.3 is 9.84 Å². The summed E-state index contributed by atoms with van der Waals surface area (Å²) in [5.41, 5.74) is 0. The predicted molar refractivity (Wildman–Crippen MR) is 81.4 cm³/mol. The van der Waals surface area contributed by atoms with Gasteiger partial charge in [0.05, 0.1) is 39.0 Å². The molecule has 0 aromatic carbocycles. The molecule has 3 amide bonds. The Balaban J connectivity index is 2.04. The second-order valence-corrected chi connectivity index (χ2v) is 6.01. The molecule has 3 heterocycles. The van der Waals surface area contributed by atoms with E-state index in [-0.39, 0.29) is 12.5 Å². The van der Waals surface area contributed by atoms with E-state index in [0.717, 1.165) is 4.90 Å². The van der Waals surface area contributed by atoms with Gasteiger partial charge in [0, 0.05) is 14.1 Å². The molecule has 9 heteroatoms. The Labute approximate surface area is 134 Å². The number of β-amino-alcohol motifs (C(OH)–C–C–N with tert-alkyl or cyclic N) is 1. The maximum absolute atomic E-state index is 12.6. The highest BCUT2D eigenvalue weighted by molar-refractivity contribution is 6.25. The van der Waals surface area contributed by atoms with E-state index in [1.165, 1.54) is 11.9 Å². The van der Waals surface area contributed by atoms with E-state index in [0.29, 0.717) is 38.1 Å². The predicted octanol–water partition coefficient (Wildman–Crippen LogP) is -1.63. The summed E-state index contributed by atoms with van der Waals surface area (Å²) in [6.45, 7) is 4.44. The molecule has 3 aliphatic heterocycles. The lowest BCUT2D eigenvalue weighted by Crippen LogP contribution is -2.63. The van der Waals surface area contributed by atoms with Crippen molar-refractivity contribution >= 4 is 23.7 Å². The standard InChI is InChI=1S/C14H22N5O4/c1-9(20)8-19-10-11(16(2)14(22)17(3)12(10)21)15-13(19)18-4-6-23-7-5-18/h9-10,20H,4-8H2,1-3H3/q+1. The third-order valence-electron chi connectivity index (χ3n) is 4.26. The van der Waals surface area contributed by atoms with Gasteiger partial charge in [0.1, 0.15) is 0 Å². The highest BCUT2D eigenvalue weighted by Gasteiger charge is 2.55. The fraction of sp³-hybridized carbons (Fsp3) is 0.714. The number of imide groups is 1. The lowest BCUT2D eigenvalue weighted by atomic mass is 10.1. The number of amides is 3. The number of likely N-dealkylation sites (N-methyl/N-ethyl adjacent to an activating group) is 2. The van der Waals surface area contributed by atoms with Gasteiger partial charge in [0.2, 0.25) is 11.9 Å². The zero-order valence-electron chi connectivity index (χ0n) is 13.6. The Kier molecular flexibility index (Phi) is 4.07. The lowest BCUT2D eigenvalue weighted by molar-refractivity contribution is -0.554. The third-order valence-corrected chi connectivity index (χ3v) is 4.26. The van der Waals surface area contributed by atoms with E-state index in [4.69, 9.17) is 4.74 Å². The number of hydrogen-bond donors (Lipinski definition) is 1. The van der Waals surface area contributed by atoms with Crippen LogP contribution >= 0.6 is 0 Å². The molecule has 2 atom stereocenters. The van der Waals surface area contributed by atoms with Crippen LogP contribution in [0.25, 0.3) is 0 Å². The Morgan fingerprint density at radius 3 is 2.57 bits per heavy atom. The van der Waals surface area contributed by atoms with Crippen LogP contribution in [0, 0.1) is 0 Å². The van der Waals surface area contributed by atoms with Crippen molar-refractivity contribution in [3.8, 4) is 0 Å². The second-order valence-electron chi connectivity index (χ2n) is 6.01. The number of nitrogens with zero attached hydrogens (tertiary/aromatic N) is 5. The van der Waals surface area contributed by atoms with Crippen molar-refractivity contribution < 1.29 is 24.0 Å². The van der Waals surface area contributed by atoms with Crippen molar-refractivity contribution in [2.75, 3.05) is 46.9 Å². The van der Waals surface area contributed by atoms with Gasteiger partial charge in [0.25, 0.3) is 5.91 Å². The number of hydrogen-bond acceptors (Lipinski definition) is 4. The fourth-order valence-corrected chi connectivity index (χ4v) is 3.07. The summed E-state index contributed by atoms with van der Waals surface area (Å²) in [4.78, 5) is 33.6. The van der Waals surface area contributed by atoms with E-state index >= 15 is 0 Å². The minimum absolute atomic E-state index is 0.270. The van der Waals surface area contributed by atoms with Crippen molar-refractivity contribution in [1.82, 2.24) is 14.7 Å². The Morgan fingerprint density at radius 2 is 1.96 bits per heavy atom. The largest absolute Gasteiger partial charge is 0.392 e. The summed E-state index contributed by atoms with van der Waals surface area (Å²) >= 11 is 0. The molecule has 3 rings (SSSR count). The van der Waals surface area contributed by atoms with Crippen LogP contribution in [-0.2, 0) is 9.53 Å². The van der Waals surface area contributed by atoms with Crippen LogP contribution in [0.4, 0.5) is 4.79 Å². The first-order chi connectivity index (χ1) is 10.9. The average Bonchev–Trinajstić information content (AvgIpc) is 2.90. The number of guanidine groups is 1. The molecule has 3 aliphatic rings. The van der Waals surface area contributed by atoms with Crippen LogP contribution in [0.1, 0.15) is 6.92 Å². The number of ether oxygens (including phenoxy) is 1.